The summed E-state index contributed by atoms with van der Waals surface area (Å²) < 4.78 is 11.3. The average Bonchev–Trinajstić information content (AvgIpc) is 3.38. The number of hydrogen-bond acceptors (Lipinski definition) is 5. The number of carbonyl (C=O) groups excluding carboxylic acids is 1. The molecule has 3 aromatic rings. The maximum absolute atomic E-state index is 12.9. The molecule has 3 heterocycles. The monoisotopic (exact) mass is 395 g/mol. The normalized spacial score (nSPS) is 18.6. The van der Waals surface area contributed by atoms with Crippen molar-refractivity contribution in [3.05, 3.63) is 48.0 Å². The summed E-state index contributed by atoms with van der Waals surface area (Å²) in [5, 5.41) is 0.782. The number of hydrogen-bond donors (Lipinski definition) is 1. The lowest BCUT2D eigenvalue weighted by Crippen LogP contribution is -2.32. The SMILES string of the molecule is O=C(CSc1nc2ccccc2[nH]1)N1CCC[C@H]1c1ccc2c(c1)OCCO2. The Morgan fingerprint density at radius 2 is 2.04 bits per heavy atom. The number of aromatic amines is 1. The fourth-order valence-corrected chi connectivity index (χ4v) is 4.66. The predicted octanol–water partition coefficient (Wildman–Crippen LogP) is 3.79. The van der Waals surface area contributed by atoms with E-state index in [1.54, 1.807) is 0 Å². The van der Waals surface area contributed by atoms with Crippen LogP contribution in [0, 0.1) is 0 Å². The maximum atomic E-state index is 12.9. The summed E-state index contributed by atoms with van der Waals surface area (Å²) in [5.74, 6) is 2.08. The van der Waals surface area contributed by atoms with Gasteiger partial charge in [0.15, 0.2) is 16.7 Å². The van der Waals surface area contributed by atoms with Gasteiger partial charge in [-0.25, -0.2) is 4.98 Å². The molecule has 1 atom stereocenters. The summed E-state index contributed by atoms with van der Waals surface area (Å²) in [7, 11) is 0. The van der Waals surface area contributed by atoms with Gasteiger partial charge < -0.3 is 19.4 Å². The fourth-order valence-electron chi connectivity index (χ4n) is 3.89. The van der Waals surface area contributed by atoms with Crippen molar-refractivity contribution in [2.45, 2.75) is 24.0 Å². The van der Waals surface area contributed by atoms with Crippen molar-refractivity contribution >= 4 is 28.7 Å². The van der Waals surface area contributed by atoms with Crippen LogP contribution in [-0.4, -0.2) is 46.3 Å². The van der Waals surface area contributed by atoms with Crippen LogP contribution >= 0.6 is 11.8 Å². The number of benzene rings is 2. The lowest BCUT2D eigenvalue weighted by molar-refractivity contribution is -0.129. The molecule has 0 unspecified atom stereocenters. The van der Waals surface area contributed by atoms with E-state index in [9.17, 15) is 4.79 Å². The Balaban J connectivity index is 1.28. The second-order valence-electron chi connectivity index (χ2n) is 7.00. The van der Waals surface area contributed by atoms with E-state index in [-0.39, 0.29) is 11.9 Å². The molecular weight excluding hydrogens is 374 g/mol. The lowest BCUT2D eigenvalue weighted by atomic mass is 10.0. The number of amides is 1. The summed E-state index contributed by atoms with van der Waals surface area (Å²) in [6.07, 6.45) is 1.99. The summed E-state index contributed by atoms with van der Waals surface area (Å²) in [6.45, 7) is 1.94. The molecule has 0 saturated carbocycles. The zero-order chi connectivity index (χ0) is 18.9. The van der Waals surface area contributed by atoms with Crippen molar-refractivity contribution in [2.24, 2.45) is 0 Å². The van der Waals surface area contributed by atoms with Gasteiger partial charge in [0, 0.05) is 6.54 Å². The molecule has 0 radical (unpaired) electrons. The van der Waals surface area contributed by atoms with Crippen LogP contribution < -0.4 is 9.47 Å². The number of rotatable bonds is 4. The number of thioether (sulfide) groups is 1. The van der Waals surface area contributed by atoms with Crippen molar-refractivity contribution in [3.8, 4) is 11.5 Å². The number of imidazole rings is 1. The molecule has 2 aliphatic heterocycles. The van der Waals surface area contributed by atoms with Gasteiger partial charge in [0.2, 0.25) is 5.91 Å². The first kappa shape index (κ1) is 17.4. The summed E-state index contributed by atoms with van der Waals surface area (Å²) >= 11 is 1.46. The van der Waals surface area contributed by atoms with Crippen LogP contribution in [0.2, 0.25) is 0 Å². The second kappa shape index (κ2) is 7.39. The molecule has 1 aromatic heterocycles. The summed E-state index contributed by atoms with van der Waals surface area (Å²) in [5.41, 5.74) is 3.03. The van der Waals surface area contributed by atoms with Crippen LogP contribution in [-0.2, 0) is 4.79 Å². The van der Waals surface area contributed by atoms with E-state index in [1.807, 2.05) is 41.3 Å². The van der Waals surface area contributed by atoms with Gasteiger partial charge in [-0.05, 0) is 42.7 Å². The average molecular weight is 395 g/mol. The molecule has 1 N–H and O–H groups in total. The van der Waals surface area contributed by atoms with E-state index in [4.69, 9.17) is 9.47 Å². The van der Waals surface area contributed by atoms with Crippen molar-refractivity contribution in [1.29, 1.82) is 0 Å². The van der Waals surface area contributed by atoms with Crippen LogP contribution in [0.3, 0.4) is 0 Å². The largest absolute Gasteiger partial charge is 0.486 e. The fraction of sp³-hybridized carbons (Fsp3) is 0.333. The summed E-state index contributed by atoms with van der Waals surface area (Å²) in [6, 6.07) is 14.0. The van der Waals surface area contributed by atoms with Crippen LogP contribution in [0.25, 0.3) is 11.0 Å². The van der Waals surface area contributed by atoms with Crippen molar-refractivity contribution in [2.75, 3.05) is 25.5 Å². The first-order valence-electron chi connectivity index (χ1n) is 9.54. The van der Waals surface area contributed by atoms with Crippen molar-refractivity contribution in [1.82, 2.24) is 14.9 Å². The minimum absolute atomic E-state index is 0.0969. The van der Waals surface area contributed by atoms with Gasteiger partial charge in [0.1, 0.15) is 13.2 Å². The zero-order valence-corrected chi connectivity index (χ0v) is 16.2. The number of ether oxygens (including phenoxy) is 2. The quantitative estimate of drug-likeness (QED) is 0.681. The lowest BCUT2D eigenvalue weighted by Gasteiger charge is -2.26. The van der Waals surface area contributed by atoms with Gasteiger partial charge in [0.25, 0.3) is 0 Å². The minimum atomic E-state index is 0.0969. The molecule has 28 heavy (non-hydrogen) atoms. The van der Waals surface area contributed by atoms with E-state index >= 15 is 0 Å². The molecule has 2 aliphatic rings. The molecule has 0 aliphatic carbocycles. The van der Waals surface area contributed by atoms with Crippen molar-refractivity contribution < 1.29 is 14.3 Å². The minimum Gasteiger partial charge on any atom is -0.486 e. The molecule has 144 valence electrons. The zero-order valence-electron chi connectivity index (χ0n) is 15.4. The Morgan fingerprint density at radius 1 is 1.18 bits per heavy atom. The van der Waals surface area contributed by atoms with Gasteiger partial charge in [-0.2, -0.15) is 0 Å². The van der Waals surface area contributed by atoms with Gasteiger partial charge in [0.05, 0.1) is 22.8 Å². The highest BCUT2D eigenvalue weighted by molar-refractivity contribution is 7.99. The molecule has 6 nitrogen and oxygen atoms in total. The van der Waals surface area contributed by atoms with Crippen LogP contribution in [0.5, 0.6) is 11.5 Å². The highest BCUT2D eigenvalue weighted by Gasteiger charge is 2.30. The van der Waals surface area contributed by atoms with Crippen LogP contribution in [0.4, 0.5) is 0 Å². The highest BCUT2D eigenvalue weighted by atomic mass is 32.2. The standard InChI is InChI=1S/C21H21N3O3S/c25-20(13-28-21-22-15-4-1-2-5-16(15)23-21)24-9-3-6-17(24)14-7-8-18-19(12-14)27-11-10-26-18/h1-2,4-5,7-8,12,17H,3,6,9-11,13H2,(H,22,23)/t17-/m0/s1. The first-order chi connectivity index (χ1) is 13.8. The van der Waals surface area contributed by atoms with Crippen molar-refractivity contribution in [3.63, 3.8) is 0 Å². The molecule has 1 saturated heterocycles. The van der Waals surface area contributed by atoms with E-state index in [2.05, 4.69) is 16.0 Å². The number of para-hydroxylation sites is 2. The van der Waals surface area contributed by atoms with E-state index in [0.717, 1.165) is 52.6 Å². The number of likely N-dealkylation sites (tertiary alicyclic amines) is 1. The molecule has 1 amide bonds. The van der Waals surface area contributed by atoms with Gasteiger partial charge in [-0.1, -0.05) is 30.0 Å². The first-order valence-corrected chi connectivity index (χ1v) is 10.5. The molecule has 0 bridgehead atoms. The van der Waals surface area contributed by atoms with E-state index in [0.29, 0.717) is 19.0 Å². The van der Waals surface area contributed by atoms with Gasteiger partial charge >= 0.3 is 0 Å². The smallest absolute Gasteiger partial charge is 0.233 e. The Hall–Kier alpha value is -2.67. The molecule has 7 heteroatoms. The number of nitrogens with zero attached hydrogens (tertiary/aromatic N) is 2. The molecule has 5 rings (SSSR count). The molecule has 1 fully saturated rings. The van der Waals surface area contributed by atoms with Crippen LogP contribution in [0.1, 0.15) is 24.4 Å². The second-order valence-corrected chi connectivity index (χ2v) is 7.96. The van der Waals surface area contributed by atoms with E-state index < -0.39 is 0 Å². The number of aromatic nitrogens is 2. The predicted molar refractivity (Wildman–Crippen MR) is 108 cm³/mol. The number of nitrogens with one attached hydrogen (secondary N) is 1. The van der Waals surface area contributed by atoms with Crippen LogP contribution in [0.15, 0.2) is 47.6 Å². The van der Waals surface area contributed by atoms with Gasteiger partial charge in [-0.3, -0.25) is 4.79 Å². The topological polar surface area (TPSA) is 67.5 Å². The third kappa shape index (κ3) is 3.30. The number of H-pyrrole nitrogens is 1. The molecule has 0 spiro atoms. The number of carbonyl (C=O) groups is 1. The Morgan fingerprint density at radius 3 is 2.93 bits per heavy atom. The highest BCUT2D eigenvalue weighted by Crippen LogP contribution is 2.38. The molecule has 2 aromatic carbocycles. The third-order valence-electron chi connectivity index (χ3n) is 5.22. The molecular formula is C21H21N3O3S. The summed E-state index contributed by atoms with van der Waals surface area (Å²) in [4.78, 5) is 22.7. The maximum Gasteiger partial charge on any atom is 0.233 e. The Labute approximate surface area is 167 Å². The Kier molecular flexibility index (Phi) is 4.60. The van der Waals surface area contributed by atoms with E-state index in [1.165, 1.54) is 11.8 Å². The Bertz CT molecular complexity index is 986. The third-order valence-corrected chi connectivity index (χ3v) is 6.08. The van der Waals surface area contributed by atoms with Gasteiger partial charge in [-0.15, -0.1) is 0 Å². The number of fused-ring (bicyclic) bond motifs is 2.